The van der Waals surface area contributed by atoms with Gasteiger partial charge in [0.15, 0.2) is 0 Å². The minimum Gasteiger partial charge on any atom is -0.497 e. The average Bonchev–Trinajstić information content (AvgIpc) is 3.10. The molecule has 2 heterocycles. The molecule has 30 heavy (non-hydrogen) atoms. The number of ether oxygens (including phenoxy) is 2. The molecular formula is C24H17ClN2O3. The predicted molar refractivity (Wildman–Crippen MR) is 115 cm³/mol. The molecule has 2 aliphatic heterocycles. The zero-order valence-electron chi connectivity index (χ0n) is 16.3. The summed E-state index contributed by atoms with van der Waals surface area (Å²) in [5.74, 6) is 1.29. The Morgan fingerprint density at radius 2 is 1.53 bits per heavy atom. The number of benzene rings is 2. The number of allylic oxidation sites excluding steroid dienone is 5. The Bertz CT molecular complexity index is 1180. The normalized spacial score (nSPS) is 16.8. The maximum Gasteiger partial charge on any atom is 0.212 e. The van der Waals surface area contributed by atoms with Crippen molar-refractivity contribution in [3.8, 4) is 17.6 Å². The first-order valence-electron chi connectivity index (χ1n) is 9.14. The van der Waals surface area contributed by atoms with Gasteiger partial charge in [0.05, 0.1) is 31.2 Å². The Balaban J connectivity index is 1.91. The fourth-order valence-electron chi connectivity index (χ4n) is 3.48. The Morgan fingerprint density at radius 3 is 2.07 bits per heavy atom. The number of carbonyl (C=O) groups is 1. The van der Waals surface area contributed by atoms with Crippen LogP contribution < -0.4 is 9.47 Å². The van der Waals surface area contributed by atoms with Crippen molar-refractivity contribution in [2.45, 2.75) is 0 Å². The van der Waals surface area contributed by atoms with Crippen molar-refractivity contribution >= 4 is 28.7 Å². The summed E-state index contributed by atoms with van der Waals surface area (Å²) < 4.78 is 10.5. The number of ketones is 1. The maximum atomic E-state index is 13.5. The molecule has 148 valence electrons. The molecule has 0 bridgehead atoms. The van der Waals surface area contributed by atoms with E-state index >= 15 is 0 Å². The largest absolute Gasteiger partial charge is 0.497 e. The highest BCUT2D eigenvalue weighted by molar-refractivity contribution is 6.38. The first kappa shape index (κ1) is 19.6. The van der Waals surface area contributed by atoms with Gasteiger partial charge in [0.25, 0.3) is 0 Å². The van der Waals surface area contributed by atoms with Crippen molar-refractivity contribution in [2.24, 2.45) is 0 Å². The van der Waals surface area contributed by atoms with Crippen LogP contribution in [0, 0.1) is 11.3 Å². The van der Waals surface area contributed by atoms with Gasteiger partial charge in [0.1, 0.15) is 22.6 Å². The number of Topliss-reactive ketones (excluding diaryl/α,β-unsaturated/α-hetero) is 1. The molecule has 0 aliphatic carbocycles. The molecule has 2 aromatic carbocycles. The quantitative estimate of drug-likeness (QED) is 0.664. The number of hydrogen-bond donors (Lipinski definition) is 0. The van der Waals surface area contributed by atoms with Crippen LogP contribution in [0.15, 0.2) is 83.2 Å². The van der Waals surface area contributed by atoms with Gasteiger partial charge < -0.3 is 14.4 Å². The summed E-state index contributed by atoms with van der Waals surface area (Å²) >= 11 is 6.01. The molecule has 0 spiro atoms. The van der Waals surface area contributed by atoms with Crippen LogP contribution in [0.4, 0.5) is 0 Å². The first-order valence-corrected chi connectivity index (χ1v) is 9.52. The first-order chi connectivity index (χ1) is 14.6. The number of carbonyl (C=O) groups excluding carboxylic acids is 1. The lowest BCUT2D eigenvalue weighted by atomic mass is 9.98. The minimum absolute atomic E-state index is 0.0371. The summed E-state index contributed by atoms with van der Waals surface area (Å²) in [5.41, 5.74) is 3.89. The molecular weight excluding hydrogens is 400 g/mol. The van der Waals surface area contributed by atoms with Crippen LogP contribution in [0.2, 0.25) is 0 Å². The second-order valence-electron chi connectivity index (χ2n) is 6.61. The maximum absolute atomic E-state index is 13.5. The summed E-state index contributed by atoms with van der Waals surface area (Å²) in [6.07, 6.45) is 5.13. The standard InChI is InChI=1S/C24H17ClN2O3/c1-29-18-7-3-15(4-8-18)22-23(16-5-9-19(30-2)10-6-16)27-12-11-17(20(25)14-26)13-21(27)24(22)28/h3-13H,1-2H3. The van der Waals surface area contributed by atoms with Crippen LogP contribution in [-0.4, -0.2) is 24.9 Å². The summed E-state index contributed by atoms with van der Waals surface area (Å²) in [4.78, 5) is 15.3. The van der Waals surface area contributed by atoms with E-state index in [4.69, 9.17) is 26.3 Å². The molecule has 0 atom stereocenters. The van der Waals surface area contributed by atoms with Crippen LogP contribution in [0.5, 0.6) is 11.5 Å². The predicted octanol–water partition coefficient (Wildman–Crippen LogP) is 4.88. The lowest BCUT2D eigenvalue weighted by molar-refractivity contribution is -0.110. The smallest absolute Gasteiger partial charge is 0.212 e. The molecule has 0 unspecified atom stereocenters. The number of fused-ring (bicyclic) bond motifs is 1. The molecule has 0 saturated heterocycles. The van der Waals surface area contributed by atoms with E-state index in [0.29, 0.717) is 22.6 Å². The average molecular weight is 417 g/mol. The number of rotatable bonds is 4. The lowest BCUT2D eigenvalue weighted by Gasteiger charge is -2.22. The zero-order chi connectivity index (χ0) is 21.3. The van der Waals surface area contributed by atoms with Gasteiger partial charge in [0, 0.05) is 11.8 Å². The Kier molecular flexibility index (Phi) is 5.18. The third kappa shape index (κ3) is 3.28. The SMILES string of the molecule is COc1ccc(C2=C(c3ccc(OC)cc3)N3C=CC(=C(Cl)C#N)C=C3C2=O)cc1. The highest BCUT2D eigenvalue weighted by Gasteiger charge is 2.37. The second-order valence-corrected chi connectivity index (χ2v) is 6.98. The fraction of sp³-hybridized carbons (Fsp3) is 0.0833. The van der Waals surface area contributed by atoms with Crippen LogP contribution >= 0.6 is 11.6 Å². The molecule has 0 N–H and O–H groups in total. The van der Waals surface area contributed by atoms with E-state index in [1.54, 1.807) is 32.6 Å². The monoisotopic (exact) mass is 416 g/mol. The summed E-state index contributed by atoms with van der Waals surface area (Å²) in [6, 6.07) is 16.8. The van der Waals surface area contributed by atoms with Crippen LogP contribution in [0.3, 0.4) is 0 Å². The van der Waals surface area contributed by atoms with Crippen LogP contribution in [0.1, 0.15) is 11.1 Å². The highest BCUT2D eigenvalue weighted by atomic mass is 35.5. The number of nitriles is 1. The number of halogens is 1. The van der Waals surface area contributed by atoms with E-state index in [2.05, 4.69) is 0 Å². The van der Waals surface area contributed by atoms with E-state index < -0.39 is 0 Å². The zero-order valence-corrected chi connectivity index (χ0v) is 17.1. The number of nitrogens with zero attached hydrogens (tertiary/aromatic N) is 2. The van der Waals surface area contributed by atoms with Crippen molar-refractivity contribution in [3.05, 3.63) is 94.3 Å². The Hall–Kier alpha value is -3.75. The van der Waals surface area contributed by atoms with Gasteiger partial charge >= 0.3 is 0 Å². The summed E-state index contributed by atoms with van der Waals surface area (Å²) in [5, 5.41) is 9.15. The van der Waals surface area contributed by atoms with Gasteiger partial charge in [-0.2, -0.15) is 5.26 Å². The second kappa shape index (κ2) is 7.94. The van der Waals surface area contributed by atoms with Gasteiger partial charge in [0.2, 0.25) is 5.78 Å². The van der Waals surface area contributed by atoms with E-state index in [-0.39, 0.29) is 10.8 Å². The highest BCUT2D eigenvalue weighted by Crippen LogP contribution is 2.43. The molecule has 0 radical (unpaired) electrons. The minimum atomic E-state index is -0.143. The molecule has 0 saturated carbocycles. The van der Waals surface area contributed by atoms with Gasteiger partial charge in [-0.1, -0.05) is 23.7 Å². The molecule has 5 nitrogen and oxygen atoms in total. The van der Waals surface area contributed by atoms with Crippen molar-refractivity contribution < 1.29 is 14.3 Å². The van der Waals surface area contributed by atoms with Gasteiger partial charge in [-0.05, 0) is 59.7 Å². The molecule has 0 amide bonds. The molecule has 4 rings (SSSR count). The van der Waals surface area contributed by atoms with E-state index in [1.807, 2.05) is 59.5 Å². The third-order valence-electron chi connectivity index (χ3n) is 4.99. The van der Waals surface area contributed by atoms with Gasteiger partial charge in [-0.15, -0.1) is 0 Å². The molecule has 2 aliphatic rings. The topological polar surface area (TPSA) is 62.6 Å². The number of hydrogen-bond acceptors (Lipinski definition) is 5. The molecule has 2 aromatic rings. The van der Waals surface area contributed by atoms with Crippen LogP contribution in [0.25, 0.3) is 11.3 Å². The Morgan fingerprint density at radius 1 is 0.967 bits per heavy atom. The van der Waals surface area contributed by atoms with Crippen molar-refractivity contribution in [1.82, 2.24) is 4.90 Å². The van der Waals surface area contributed by atoms with Gasteiger partial charge in [-0.3, -0.25) is 4.79 Å². The number of methoxy groups -OCH3 is 2. The van der Waals surface area contributed by atoms with Gasteiger partial charge in [-0.25, -0.2) is 0 Å². The van der Waals surface area contributed by atoms with Crippen molar-refractivity contribution in [3.63, 3.8) is 0 Å². The van der Waals surface area contributed by atoms with E-state index in [1.165, 1.54) is 0 Å². The molecule has 0 fully saturated rings. The summed E-state index contributed by atoms with van der Waals surface area (Å²) in [6.45, 7) is 0. The van der Waals surface area contributed by atoms with E-state index in [9.17, 15) is 4.79 Å². The Labute approximate surface area is 179 Å². The lowest BCUT2D eigenvalue weighted by Crippen LogP contribution is -2.16. The molecule has 6 heteroatoms. The van der Waals surface area contributed by atoms with Crippen molar-refractivity contribution in [1.29, 1.82) is 5.26 Å². The summed E-state index contributed by atoms with van der Waals surface area (Å²) in [7, 11) is 3.21. The fourth-order valence-corrected chi connectivity index (χ4v) is 3.60. The van der Waals surface area contributed by atoms with Crippen molar-refractivity contribution in [2.75, 3.05) is 14.2 Å². The van der Waals surface area contributed by atoms with Crippen LogP contribution in [-0.2, 0) is 4.79 Å². The molecule has 0 aromatic heterocycles. The van der Waals surface area contributed by atoms with E-state index in [0.717, 1.165) is 22.6 Å². The third-order valence-corrected chi connectivity index (χ3v) is 5.29.